The van der Waals surface area contributed by atoms with Gasteiger partial charge in [-0.2, -0.15) is 37.2 Å². The fourth-order valence-corrected chi connectivity index (χ4v) is 3.29. The van der Waals surface area contributed by atoms with E-state index in [-0.39, 0.29) is 42.0 Å². The van der Waals surface area contributed by atoms with E-state index in [1.54, 1.807) is 13.8 Å². The lowest BCUT2D eigenvalue weighted by atomic mass is 9.84. The highest BCUT2D eigenvalue weighted by atomic mass is 32.1. The Balaban J connectivity index is 0.00000145. The molecule has 2 aromatic heterocycles. The minimum absolute atomic E-state index is 0. The number of pyridine rings is 1. The van der Waals surface area contributed by atoms with Gasteiger partial charge in [-0.15, -0.1) is 0 Å². The number of nitrogens with zero attached hydrogens (tertiary/aromatic N) is 5. The van der Waals surface area contributed by atoms with Crippen LogP contribution >= 0.6 is 25.0 Å². The van der Waals surface area contributed by atoms with Gasteiger partial charge in [-0.05, 0) is 13.8 Å². The average molecular weight is 532 g/mol. The van der Waals surface area contributed by atoms with Crippen LogP contribution in [0.4, 0.5) is 5.13 Å². The van der Waals surface area contributed by atoms with Gasteiger partial charge >= 0.3 is 6.15 Å². The number of oxime groups is 1. The number of β-lactam (4-membered cyclic amide) rings is 1. The van der Waals surface area contributed by atoms with Crippen molar-refractivity contribution in [3.8, 4) is 5.75 Å². The van der Waals surface area contributed by atoms with E-state index >= 15 is 0 Å². The number of nitrogens with two attached hydrogens (primary N) is 1. The Morgan fingerprint density at radius 2 is 2.03 bits per heavy atom. The molecule has 1 fully saturated rings. The highest BCUT2D eigenvalue weighted by Crippen LogP contribution is 2.31. The quantitative estimate of drug-likeness (QED) is 0.136. The Morgan fingerprint density at radius 3 is 2.54 bits per heavy atom. The van der Waals surface area contributed by atoms with Crippen LogP contribution in [0.5, 0.6) is 5.75 Å². The molecule has 35 heavy (non-hydrogen) atoms. The number of anilines is 1. The van der Waals surface area contributed by atoms with Crippen LogP contribution in [0, 0.1) is 0 Å². The number of carbonyl (C=O) groups excluding carboxylic acids is 4. The van der Waals surface area contributed by atoms with Crippen LogP contribution in [0.15, 0.2) is 22.2 Å². The molecular formula is C17H21N7O9S2. The van der Waals surface area contributed by atoms with Gasteiger partial charge in [0.15, 0.2) is 17.5 Å². The highest BCUT2D eigenvalue weighted by Gasteiger charge is 2.56. The molecule has 18 heteroatoms. The van der Waals surface area contributed by atoms with E-state index in [1.807, 2.05) is 0 Å². The van der Waals surface area contributed by atoms with Crippen molar-refractivity contribution in [3.63, 3.8) is 0 Å². The van der Waals surface area contributed by atoms with Crippen LogP contribution in [-0.4, -0.2) is 71.8 Å². The predicted molar refractivity (Wildman–Crippen MR) is 120 cm³/mol. The molecule has 16 nitrogen and oxygen atoms in total. The largest absolute Gasteiger partial charge is 0.503 e. The van der Waals surface area contributed by atoms with Gasteiger partial charge in [0.05, 0.1) is 18.8 Å². The molecule has 3 heterocycles. The van der Waals surface area contributed by atoms with Crippen molar-refractivity contribution in [2.24, 2.45) is 5.16 Å². The van der Waals surface area contributed by atoms with E-state index in [1.165, 1.54) is 7.11 Å². The minimum atomic E-state index is -0.902. The lowest BCUT2D eigenvalue weighted by molar-refractivity contribution is -0.245. The predicted octanol–water partition coefficient (Wildman–Crippen LogP) is -1.66. The topological polar surface area (TPSA) is 229 Å². The molecule has 1 aliphatic rings. The van der Waals surface area contributed by atoms with Crippen molar-refractivity contribution in [2.75, 3.05) is 12.8 Å². The maximum absolute atomic E-state index is 12.8. The first-order valence-corrected chi connectivity index (χ1v) is 9.86. The van der Waals surface area contributed by atoms with Crippen LogP contribution in [-0.2, 0) is 35.5 Å². The smallest absolute Gasteiger partial charge is 0.373 e. The van der Waals surface area contributed by atoms with E-state index in [0.29, 0.717) is 4.73 Å². The Bertz CT molecular complexity index is 1200. The standard InChI is InChI=1S/C16H19N7O7S.CO2.H2S/c1-16(2)11(14(27)23(16)29-3)18-13(26)10(12-19-15(17)31-21-12)20-30-6-7-4-8(24)9(25)5-22(7)28;2-1-3;/h4-5,11,25,28H,6H2,1-3H3,(H,18,26)(H2,17,19,21);;1H2/b20-10-;;/t11-;;/m1../s1. The number of aromatic nitrogens is 3. The molecular weight excluding hydrogens is 510 g/mol. The molecule has 1 atom stereocenters. The summed E-state index contributed by atoms with van der Waals surface area (Å²) in [7, 11) is 1.34. The van der Waals surface area contributed by atoms with Crippen molar-refractivity contribution in [1.82, 2.24) is 24.5 Å². The Kier molecular flexibility index (Phi) is 9.90. The molecule has 3 rings (SSSR count). The second kappa shape index (κ2) is 11.9. The lowest BCUT2D eigenvalue weighted by Gasteiger charge is -2.51. The number of hydroxylamine groups is 2. The monoisotopic (exact) mass is 531 g/mol. The minimum Gasteiger partial charge on any atom is -0.503 e. The summed E-state index contributed by atoms with van der Waals surface area (Å²) in [5, 5.41) is 26.4. The molecule has 0 aromatic carbocycles. The third kappa shape index (κ3) is 6.33. The normalized spacial score (nSPS) is 16.1. The molecule has 2 amide bonds. The number of carbonyl (C=O) groups is 2. The molecule has 190 valence electrons. The van der Waals surface area contributed by atoms with E-state index in [4.69, 9.17) is 25.0 Å². The zero-order chi connectivity index (χ0) is 25.6. The fourth-order valence-electron chi connectivity index (χ4n) is 2.86. The lowest BCUT2D eigenvalue weighted by Crippen LogP contribution is -2.76. The summed E-state index contributed by atoms with van der Waals surface area (Å²) in [6.45, 7) is 2.95. The summed E-state index contributed by atoms with van der Waals surface area (Å²) in [5.74, 6) is -2.07. The van der Waals surface area contributed by atoms with Gasteiger partial charge in [-0.3, -0.25) is 19.2 Å². The van der Waals surface area contributed by atoms with Gasteiger partial charge in [0, 0.05) is 17.6 Å². The zero-order valence-corrected chi connectivity index (χ0v) is 20.2. The van der Waals surface area contributed by atoms with Crippen molar-refractivity contribution in [2.45, 2.75) is 32.0 Å². The number of nitrogen functional groups attached to an aromatic ring is 1. The number of rotatable bonds is 7. The molecule has 0 unspecified atom stereocenters. The first-order valence-electron chi connectivity index (χ1n) is 9.09. The number of amides is 2. The molecule has 0 spiro atoms. The van der Waals surface area contributed by atoms with E-state index in [0.717, 1.165) is 28.9 Å². The van der Waals surface area contributed by atoms with E-state index in [9.17, 15) is 24.7 Å². The summed E-state index contributed by atoms with van der Waals surface area (Å²) in [4.78, 5) is 66.7. The third-order valence-corrected chi connectivity index (χ3v) is 5.00. The van der Waals surface area contributed by atoms with Gasteiger partial charge < -0.3 is 26.2 Å². The highest BCUT2D eigenvalue weighted by molar-refractivity contribution is 7.59. The SMILES string of the molecule is CON1C(=O)[C@@H](NC(=O)/C(=N\OCc2cc(=O)c(O)cn2O)c2nsc(N)n2)C1(C)C.O=C=O.S. The number of nitrogens with one attached hydrogen (secondary N) is 1. The summed E-state index contributed by atoms with van der Waals surface area (Å²) in [6.07, 6.45) is 1.03. The van der Waals surface area contributed by atoms with Crippen LogP contribution in [0.25, 0.3) is 0 Å². The van der Waals surface area contributed by atoms with E-state index < -0.39 is 41.2 Å². The maximum atomic E-state index is 12.8. The van der Waals surface area contributed by atoms with Crippen LogP contribution < -0.4 is 16.5 Å². The maximum Gasteiger partial charge on any atom is 0.373 e. The van der Waals surface area contributed by atoms with Gasteiger partial charge in [0.1, 0.15) is 11.7 Å². The molecule has 1 aliphatic heterocycles. The molecule has 0 saturated carbocycles. The first-order chi connectivity index (χ1) is 16.0. The molecule has 1 saturated heterocycles. The number of hydrogen-bond donors (Lipinski definition) is 4. The fraction of sp³-hybridized carbons (Fsp3) is 0.353. The van der Waals surface area contributed by atoms with Gasteiger partial charge in [-0.25, -0.2) is 5.06 Å². The Labute approximate surface area is 207 Å². The number of hydrogen-bond acceptors (Lipinski definition) is 14. The Morgan fingerprint density at radius 1 is 1.40 bits per heavy atom. The molecule has 0 radical (unpaired) electrons. The number of aromatic hydroxyl groups is 1. The summed E-state index contributed by atoms with van der Waals surface area (Å²) >= 11 is 0.821. The zero-order valence-electron chi connectivity index (χ0n) is 18.4. The van der Waals surface area contributed by atoms with E-state index in [2.05, 4.69) is 19.8 Å². The van der Waals surface area contributed by atoms with Crippen LogP contribution in [0.2, 0.25) is 0 Å². The molecule has 5 N–H and O–H groups in total. The van der Waals surface area contributed by atoms with Crippen LogP contribution in [0.3, 0.4) is 0 Å². The summed E-state index contributed by atoms with van der Waals surface area (Å²) in [5.41, 5.74) is 3.58. The summed E-state index contributed by atoms with van der Waals surface area (Å²) in [6, 6.07) is 0.0271. The molecule has 0 aliphatic carbocycles. The van der Waals surface area contributed by atoms with Crippen molar-refractivity contribution in [3.05, 3.63) is 34.0 Å². The van der Waals surface area contributed by atoms with Gasteiger partial charge in [-0.1, -0.05) is 5.16 Å². The first kappa shape index (κ1) is 29.0. The second-order valence-electron chi connectivity index (χ2n) is 6.99. The van der Waals surface area contributed by atoms with Gasteiger partial charge in [0.2, 0.25) is 17.0 Å². The van der Waals surface area contributed by atoms with Crippen molar-refractivity contribution < 1.29 is 39.2 Å². The van der Waals surface area contributed by atoms with Crippen molar-refractivity contribution >= 4 is 53.8 Å². The Hall–Kier alpha value is -3.99. The van der Waals surface area contributed by atoms with Crippen LogP contribution in [0.1, 0.15) is 25.4 Å². The molecule has 0 bridgehead atoms. The van der Waals surface area contributed by atoms with Gasteiger partial charge in [0.25, 0.3) is 11.8 Å². The molecule has 2 aromatic rings. The second-order valence-corrected chi connectivity index (χ2v) is 7.77. The summed E-state index contributed by atoms with van der Waals surface area (Å²) < 4.78 is 4.39. The van der Waals surface area contributed by atoms with Crippen molar-refractivity contribution in [1.29, 1.82) is 0 Å². The average Bonchev–Trinajstić information content (AvgIpc) is 3.19. The third-order valence-electron chi connectivity index (χ3n) is 4.46.